The third-order valence-electron chi connectivity index (χ3n) is 2.65. The van der Waals surface area contributed by atoms with Gasteiger partial charge in [-0.1, -0.05) is 0 Å². The van der Waals surface area contributed by atoms with E-state index in [9.17, 15) is 4.79 Å². The zero-order chi connectivity index (χ0) is 11.2. The number of amides is 1. The molecule has 1 saturated carbocycles. The fraction of sp³-hybridized carbons (Fsp3) is 0.636. The van der Waals surface area contributed by atoms with Gasteiger partial charge in [0.1, 0.15) is 5.82 Å². The lowest BCUT2D eigenvalue weighted by atomic mass is 10.4. The third kappa shape index (κ3) is 6.83. The van der Waals surface area contributed by atoms with Crippen LogP contribution in [-0.4, -0.2) is 35.5 Å². The topological polar surface area (TPSA) is 69.8 Å². The van der Waals surface area contributed by atoms with Gasteiger partial charge in [0.15, 0.2) is 0 Å². The predicted octanol–water partition coefficient (Wildman–Crippen LogP) is 0.912. The fourth-order valence-electron chi connectivity index (χ4n) is 1.53. The summed E-state index contributed by atoms with van der Waals surface area (Å²) in [4.78, 5) is 18.5. The maximum Gasteiger partial charge on any atom is 0.233 e. The van der Waals surface area contributed by atoms with E-state index in [4.69, 9.17) is 0 Å². The summed E-state index contributed by atoms with van der Waals surface area (Å²) >= 11 is 0. The summed E-state index contributed by atoms with van der Waals surface area (Å²) in [5.41, 5.74) is 0. The highest BCUT2D eigenvalue weighted by molar-refractivity contribution is 5.85. The Morgan fingerprint density at radius 3 is 2.83 bits per heavy atom. The molecule has 0 spiro atoms. The molecule has 1 aliphatic carbocycles. The second-order valence-corrected chi connectivity index (χ2v) is 4.21. The third-order valence-corrected chi connectivity index (χ3v) is 2.65. The molecule has 5 nitrogen and oxygen atoms in total. The molecular formula is C11H20Cl2N4O. The van der Waals surface area contributed by atoms with Crippen LogP contribution in [0.15, 0.2) is 12.4 Å². The van der Waals surface area contributed by atoms with Crippen molar-refractivity contribution >= 4 is 30.7 Å². The molecule has 1 heterocycles. The molecule has 104 valence electrons. The molecule has 1 aliphatic rings. The number of imidazole rings is 1. The van der Waals surface area contributed by atoms with E-state index in [-0.39, 0.29) is 30.7 Å². The van der Waals surface area contributed by atoms with Gasteiger partial charge in [0, 0.05) is 25.4 Å². The number of H-pyrrole nitrogens is 1. The molecule has 1 aromatic rings. The average Bonchev–Trinajstić information content (AvgIpc) is 2.94. The van der Waals surface area contributed by atoms with Crippen molar-refractivity contribution in [1.29, 1.82) is 0 Å². The van der Waals surface area contributed by atoms with E-state index in [1.807, 2.05) is 0 Å². The lowest BCUT2D eigenvalue weighted by molar-refractivity contribution is -0.120. The van der Waals surface area contributed by atoms with E-state index in [0.717, 1.165) is 24.7 Å². The first-order valence-electron chi connectivity index (χ1n) is 5.80. The molecule has 0 aliphatic heterocycles. The Balaban J connectivity index is 0.00000144. The first-order valence-corrected chi connectivity index (χ1v) is 5.80. The summed E-state index contributed by atoms with van der Waals surface area (Å²) in [6.07, 6.45) is 6.88. The predicted molar refractivity (Wildman–Crippen MR) is 75.4 cm³/mol. The monoisotopic (exact) mass is 294 g/mol. The van der Waals surface area contributed by atoms with Crippen molar-refractivity contribution in [2.24, 2.45) is 5.92 Å². The normalized spacial score (nSPS) is 13.3. The maximum absolute atomic E-state index is 11.4. The molecular weight excluding hydrogens is 275 g/mol. The minimum Gasteiger partial charge on any atom is -0.355 e. The van der Waals surface area contributed by atoms with E-state index >= 15 is 0 Å². The van der Waals surface area contributed by atoms with Crippen LogP contribution in [0.5, 0.6) is 0 Å². The minimum absolute atomic E-state index is 0. The molecule has 3 N–H and O–H groups in total. The Kier molecular flexibility index (Phi) is 8.79. The van der Waals surface area contributed by atoms with Gasteiger partial charge in [0.2, 0.25) is 5.91 Å². The van der Waals surface area contributed by atoms with Crippen LogP contribution >= 0.6 is 24.8 Å². The molecule has 18 heavy (non-hydrogen) atoms. The summed E-state index contributed by atoms with van der Waals surface area (Å²) in [5.74, 6) is 1.79. The van der Waals surface area contributed by atoms with Gasteiger partial charge in [0.25, 0.3) is 0 Å². The van der Waals surface area contributed by atoms with Crippen LogP contribution in [0.1, 0.15) is 18.7 Å². The van der Waals surface area contributed by atoms with Crippen molar-refractivity contribution in [1.82, 2.24) is 20.6 Å². The quantitative estimate of drug-likeness (QED) is 0.700. The number of aromatic amines is 1. The number of carbonyl (C=O) groups is 1. The fourth-order valence-corrected chi connectivity index (χ4v) is 1.53. The lowest BCUT2D eigenvalue weighted by Crippen LogP contribution is -2.35. The van der Waals surface area contributed by atoms with Crippen LogP contribution < -0.4 is 10.6 Å². The number of nitrogens with zero attached hydrogens (tertiary/aromatic N) is 1. The molecule has 0 radical (unpaired) electrons. The largest absolute Gasteiger partial charge is 0.355 e. The Morgan fingerprint density at radius 1 is 1.44 bits per heavy atom. The maximum atomic E-state index is 11.4. The van der Waals surface area contributed by atoms with Crippen LogP contribution in [-0.2, 0) is 11.2 Å². The molecule has 1 aromatic heterocycles. The van der Waals surface area contributed by atoms with Gasteiger partial charge >= 0.3 is 0 Å². The van der Waals surface area contributed by atoms with Gasteiger partial charge in [-0.25, -0.2) is 4.98 Å². The van der Waals surface area contributed by atoms with Gasteiger partial charge in [-0.15, -0.1) is 24.8 Å². The zero-order valence-electron chi connectivity index (χ0n) is 10.1. The van der Waals surface area contributed by atoms with E-state index in [1.165, 1.54) is 12.8 Å². The Morgan fingerprint density at radius 2 is 2.22 bits per heavy atom. The van der Waals surface area contributed by atoms with E-state index in [0.29, 0.717) is 13.1 Å². The van der Waals surface area contributed by atoms with Crippen molar-refractivity contribution in [3.05, 3.63) is 18.2 Å². The smallest absolute Gasteiger partial charge is 0.233 e. The van der Waals surface area contributed by atoms with Crippen LogP contribution in [0, 0.1) is 5.92 Å². The van der Waals surface area contributed by atoms with Gasteiger partial charge in [-0.3, -0.25) is 4.79 Å². The van der Waals surface area contributed by atoms with Gasteiger partial charge in [-0.2, -0.15) is 0 Å². The van der Waals surface area contributed by atoms with Crippen molar-refractivity contribution < 1.29 is 4.79 Å². The Labute approximate surface area is 119 Å². The van der Waals surface area contributed by atoms with E-state index < -0.39 is 0 Å². The summed E-state index contributed by atoms with van der Waals surface area (Å²) in [5, 5.41) is 6.01. The van der Waals surface area contributed by atoms with Crippen molar-refractivity contribution in [2.75, 3.05) is 19.6 Å². The highest BCUT2D eigenvalue weighted by Gasteiger charge is 2.20. The number of hydrogen-bond donors (Lipinski definition) is 3. The zero-order valence-corrected chi connectivity index (χ0v) is 11.8. The molecule has 7 heteroatoms. The second-order valence-electron chi connectivity index (χ2n) is 4.21. The number of aromatic nitrogens is 2. The van der Waals surface area contributed by atoms with Crippen LogP contribution in [0.4, 0.5) is 0 Å². The Bertz CT molecular complexity index is 328. The highest BCUT2D eigenvalue weighted by Crippen LogP contribution is 2.27. The van der Waals surface area contributed by atoms with Crippen molar-refractivity contribution in [2.45, 2.75) is 19.3 Å². The second kappa shape index (κ2) is 9.19. The Hall–Kier alpha value is -0.780. The van der Waals surface area contributed by atoms with E-state index in [2.05, 4.69) is 20.6 Å². The number of hydrogen-bond acceptors (Lipinski definition) is 3. The minimum atomic E-state index is 0. The molecule has 2 rings (SSSR count). The van der Waals surface area contributed by atoms with Crippen molar-refractivity contribution in [3.63, 3.8) is 0 Å². The summed E-state index contributed by atoms with van der Waals surface area (Å²) < 4.78 is 0. The van der Waals surface area contributed by atoms with E-state index in [1.54, 1.807) is 12.4 Å². The lowest BCUT2D eigenvalue weighted by Gasteiger charge is -2.05. The summed E-state index contributed by atoms with van der Waals surface area (Å²) in [6.45, 7) is 2.04. The average molecular weight is 295 g/mol. The number of halogens is 2. The van der Waals surface area contributed by atoms with Crippen LogP contribution in [0.3, 0.4) is 0 Å². The first-order chi connectivity index (χ1) is 7.84. The van der Waals surface area contributed by atoms with Crippen LogP contribution in [0.2, 0.25) is 0 Å². The van der Waals surface area contributed by atoms with Crippen LogP contribution in [0.25, 0.3) is 0 Å². The van der Waals surface area contributed by atoms with Gasteiger partial charge in [-0.05, 0) is 25.3 Å². The molecule has 0 saturated heterocycles. The van der Waals surface area contributed by atoms with Gasteiger partial charge < -0.3 is 15.6 Å². The summed E-state index contributed by atoms with van der Waals surface area (Å²) in [6, 6.07) is 0. The molecule has 0 aromatic carbocycles. The molecule has 0 bridgehead atoms. The molecule has 1 amide bonds. The van der Waals surface area contributed by atoms with Gasteiger partial charge in [0.05, 0.1) is 6.54 Å². The standard InChI is InChI=1S/C11H18N4O.2ClH/c16-11(8-12-7-9-1-2-9)15-4-3-10-13-5-6-14-10;;/h5-6,9,12H,1-4,7-8H2,(H,13,14)(H,15,16);2*1H. The highest BCUT2D eigenvalue weighted by atomic mass is 35.5. The van der Waals surface area contributed by atoms with Crippen molar-refractivity contribution in [3.8, 4) is 0 Å². The molecule has 1 fully saturated rings. The molecule has 0 atom stereocenters. The number of nitrogens with one attached hydrogen (secondary N) is 3. The number of carbonyl (C=O) groups excluding carboxylic acids is 1. The summed E-state index contributed by atoms with van der Waals surface area (Å²) in [7, 11) is 0. The molecule has 0 unspecified atom stereocenters. The SMILES string of the molecule is Cl.Cl.O=C(CNCC1CC1)NCCc1ncc[nH]1. The first kappa shape index (κ1) is 17.2. The number of rotatable bonds is 7.